The lowest BCUT2D eigenvalue weighted by atomic mass is 9.85. The van der Waals surface area contributed by atoms with Crippen molar-refractivity contribution >= 4 is 0 Å². The molecule has 0 aromatic heterocycles. The zero-order valence-corrected chi connectivity index (χ0v) is 10.6. The van der Waals surface area contributed by atoms with E-state index >= 15 is 0 Å². The Balaban J connectivity index is 2.13. The lowest BCUT2D eigenvalue weighted by molar-refractivity contribution is 0.285. The largest absolute Gasteiger partial charge is 0.327 e. The van der Waals surface area contributed by atoms with Gasteiger partial charge in [0.1, 0.15) is 0 Å². The van der Waals surface area contributed by atoms with E-state index in [2.05, 4.69) is 26.1 Å². The fraction of sp³-hybridized carbons (Fsp3) is 1.00. The minimum Gasteiger partial charge on any atom is -0.327 e. The van der Waals surface area contributed by atoms with E-state index in [-0.39, 0.29) is 0 Å². The minimum absolute atomic E-state index is 0.445. The summed E-state index contributed by atoms with van der Waals surface area (Å²) in [7, 11) is 0. The molecule has 0 bridgehead atoms. The second-order valence-electron chi connectivity index (χ2n) is 5.59. The smallest absolute Gasteiger partial charge is 0.00792 e. The first-order chi connectivity index (χ1) is 7.11. The van der Waals surface area contributed by atoms with Gasteiger partial charge in [0.05, 0.1) is 0 Å². The van der Waals surface area contributed by atoms with E-state index in [1.807, 2.05) is 0 Å². The van der Waals surface area contributed by atoms with Gasteiger partial charge in [-0.2, -0.15) is 0 Å². The summed E-state index contributed by atoms with van der Waals surface area (Å²) < 4.78 is 0. The van der Waals surface area contributed by atoms with Gasteiger partial charge in [-0.25, -0.2) is 0 Å². The summed E-state index contributed by atoms with van der Waals surface area (Å²) in [4.78, 5) is 0. The van der Waals surface area contributed by atoms with Crippen LogP contribution >= 0.6 is 0 Å². The lowest BCUT2D eigenvalue weighted by Gasteiger charge is -2.29. The van der Waals surface area contributed by atoms with Crippen LogP contribution in [0.25, 0.3) is 0 Å². The molecule has 1 fully saturated rings. The topological polar surface area (TPSA) is 38.0 Å². The highest BCUT2D eigenvalue weighted by Gasteiger charge is 2.21. The number of hydrogen-bond acceptors (Lipinski definition) is 2. The Morgan fingerprint density at radius 1 is 1.20 bits per heavy atom. The Morgan fingerprint density at radius 3 is 2.47 bits per heavy atom. The van der Waals surface area contributed by atoms with Crippen LogP contribution in [-0.4, -0.2) is 19.1 Å². The van der Waals surface area contributed by atoms with Crippen molar-refractivity contribution < 1.29 is 0 Å². The molecule has 1 aliphatic carbocycles. The predicted octanol–water partition coefficient (Wildman–Crippen LogP) is 2.39. The third kappa shape index (κ3) is 4.52. The van der Waals surface area contributed by atoms with E-state index < -0.39 is 0 Å². The van der Waals surface area contributed by atoms with Crippen LogP contribution in [0.3, 0.4) is 0 Å². The van der Waals surface area contributed by atoms with Crippen LogP contribution in [0.15, 0.2) is 0 Å². The molecule has 0 aliphatic heterocycles. The average Bonchev–Trinajstić information content (AvgIpc) is 2.20. The average molecular weight is 212 g/mol. The summed E-state index contributed by atoms with van der Waals surface area (Å²) >= 11 is 0. The standard InChI is InChI=1S/C13H28N2/c1-10(2)11(3)8-15-9-12-6-4-5-7-13(12)14/h10-13,15H,4-9,14H2,1-3H3. The van der Waals surface area contributed by atoms with Gasteiger partial charge in [0.2, 0.25) is 0 Å². The molecule has 3 N–H and O–H groups in total. The molecule has 3 atom stereocenters. The SMILES string of the molecule is CC(C)C(C)CNCC1CCCCC1N. The van der Waals surface area contributed by atoms with Gasteiger partial charge >= 0.3 is 0 Å². The monoisotopic (exact) mass is 212 g/mol. The molecule has 0 aromatic carbocycles. The van der Waals surface area contributed by atoms with Crippen LogP contribution < -0.4 is 11.1 Å². The Bertz CT molecular complexity index is 168. The Kier molecular flexibility index (Phi) is 5.62. The van der Waals surface area contributed by atoms with Crippen LogP contribution in [0.4, 0.5) is 0 Å². The molecule has 0 spiro atoms. The molecule has 0 radical (unpaired) electrons. The van der Waals surface area contributed by atoms with Gasteiger partial charge in [-0.15, -0.1) is 0 Å². The third-order valence-corrected chi connectivity index (χ3v) is 3.98. The molecule has 3 unspecified atom stereocenters. The molecule has 0 heterocycles. The summed E-state index contributed by atoms with van der Waals surface area (Å²) in [6, 6.07) is 0.445. The van der Waals surface area contributed by atoms with Crippen LogP contribution in [0.1, 0.15) is 46.5 Å². The molecule has 0 saturated heterocycles. The van der Waals surface area contributed by atoms with Crippen LogP contribution in [0.5, 0.6) is 0 Å². The van der Waals surface area contributed by atoms with Crippen molar-refractivity contribution in [2.45, 2.75) is 52.5 Å². The van der Waals surface area contributed by atoms with Gasteiger partial charge in [0.25, 0.3) is 0 Å². The maximum absolute atomic E-state index is 6.12. The summed E-state index contributed by atoms with van der Waals surface area (Å²) in [5.41, 5.74) is 6.12. The Morgan fingerprint density at radius 2 is 1.87 bits per heavy atom. The van der Waals surface area contributed by atoms with E-state index in [1.165, 1.54) is 25.7 Å². The van der Waals surface area contributed by atoms with Gasteiger partial charge in [-0.1, -0.05) is 33.6 Å². The molecule has 1 rings (SSSR count). The number of nitrogens with two attached hydrogens (primary N) is 1. The first kappa shape index (κ1) is 13.0. The predicted molar refractivity (Wildman–Crippen MR) is 66.8 cm³/mol. The van der Waals surface area contributed by atoms with Crippen LogP contribution in [-0.2, 0) is 0 Å². The van der Waals surface area contributed by atoms with Crippen LogP contribution in [0.2, 0.25) is 0 Å². The second kappa shape index (κ2) is 6.49. The van der Waals surface area contributed by atoms with Gasteiger partial charge in [0.15, 0.2) is 0 Å². The quantitative estimate of drug-likeness (QED) is 0.734. The van der Waals surface area contributed by atoms with E-state index in [0.717, 1.165) is 30.8 Å². The molecule has 2 heteroatoms. The van der Waals surface area contributed by atoms with Crippen molar-refractivity contribution in [3.63, 3.8) is 0 Å². The molecule has 15 heavy (non-hydrogen) atoms. The highest BCUT2D eigenvalue weighted by atomic mass is 14.9. The normalized spacial score (nSPS) is 29.4. The summed E-state index contributed by atoms with van der Waals surface area (Å²) in [5, 5.41) is 3.59. The van der Waals surface area contributed by atoms with Crippen molar-refractivity contribution in [2.75, 3.05) is 13.1 Å². The summed E-state index contributed by atoms with van der Waals surface area (Å²) in [6.45, 7) is 9.16. The van der Waals surface area contributed by atoms with Crippen molar-refractivity contribution in [1.29, 1.82) is 0 Å². The maximum atomic E-state index is 6.12. The highest BCUT2D eigenvalue weighted by molar-refractivity contribution is 4.79. The molecule has 2 nitrogen and oxygen atoms in total. The van der Waals surface area contributed by atoms with Crippen molar-refractivity contribution in [2.24, 2.45) is 23.5 Å². The first-order valence-electron chi connectivity index (χ1n) is 6.57. The zero-order chi connectivity index (χ0) is 11.3. The molecular weight excluding hydrogens is 184 g/mol. The molecule has 0 aromatic rings. The van der Waals surface area contributed by atoms with E-state index in [0.29, 0.717) is 6.04 Å². The second-order valence-corrected chi connectivity index (χ2v) is 5.59. The fourth-order valence-corrected chi connectivity index (χ4v) is 2.22. The number of nitrogens with one attached hydrogen (secondary N) is 1. The lowest BCUT2D eigenvalue weighted by Crippen LogP contribution is -2.40. The maximum Gasteiger partial charge on any atom is 0.00792 e. The van der Waals surface area contributed by atoms with E-state index in [9.17, 15) is 0 Å². The zero-order valence-electron chi connectivity index (χ0n) is 10.6. The molecular formula is C13H28N2. The van der Waals surface area contributed by atoms with Crippen molar-refractivity contribution in [3.8, 4) is 0 Å². The molecule has 1 aliphatic rings. The van der Waals surface area contributed by atoms with Crippen molar-refractivity contribution in [3.05, 3.63) is 0 Å². The number of rotatable bonds is 5. The third-order valence-electron chi connectivity index (χ3n) is 3.98. The summed E-state index contributed by atoms with van der Waals surface area (Å²) in [5.74, 6) is 2.26. The fourth-order valence-electron chi connectivity index (χ4n) is 2.22. The van der Waals surface area contributed by atoms with Gasteiger partial charge < -0.3 is 11.1 Å². The first-order valence-corrected chi connectivity index (χ1v) is 6.57. The number of hydrogen-bond donors (Lipinski definition) is 2. The van der Waals surface area contributed by atoms with E-state index in [4.69, 9.17) is 5.73 Å². The van der Waals surface area contributed by atoms with Gasteiger partial charge in [0, 0.05) is 6.04 Å². The Labute approximate surface area is 95.0 Å². The van der Waals surface area contributed by atoms with Gasteiger partial charge in [-0.05, 0) is 43.7 Å². The van der Waals surface area contributed by atoms with Crippen LogP contribution in [0, 0.1) is 17.8 Å². The molecule has 1 saturated carbocycles. The molecule has 0 amide bonds. The van der Waals surface area contributed by atoms with E-state index in [1.54, 1.807) is 0 Å². The van der Waals surface area contributed by atoms with Gasteiger partial charge in [-0.3, -0.25) is 0 Å². The summed E-state index contributed by atoms with van der Waals surface area (Å²) in [6.07, 6.45) is 5.26. The minimum atomic E-state index is 0.445. The highest BCUT2D eigenvalue weighted by Crippen LogP contribution is 2.22. The Hall–Kier alpha value is -0.0800. The van der Waals surface area contributed by atoms with Crippen molar-refractivity contribution in [1.82, 2.24) is 5.32 Å². The molecule has 90 valence electrons.